The number of hydrogen-bond donors (Lipinski definition) is 1. The fraction of sp³-hybridized carbons (Fsp3) is 0.812. The molecule has 1 unspecified atom stereocenters. The summed E-state index contributed by atoms with van der Waals surface area (Å²) in [6.45, 7) is 1.99. The van der Waals surface area contributed by atoms with E-state index >= 15 is 0 Å². The molecule has 0 bridgehead atoms. The van der Waals surface area contributed by atoms with Crippen molar-refractivity contribution in [3.05, 3.63) is 12.2 Å². The van der Waals surface area contributed by atoms with Crippen LogP contribution in [0.3, 0.4) is 0 Å². The van der Waals surface area contributed by atoms with E-state index in [1.54, 1.807) is 0 Å². The highest BCUT2D eigenvalue weighted by Gasteiger charge is 2.38. The molecule has 0 aromatic carbocycles. The standard InChI is InChI=1S/C16H29NO4/c1-17(2)10-11-20-12-13-21-15(19)16(14-18)8-6-4-3-5-7-9-16/h3-4,18H,5-14H2,1-2H3/b4-3+. The molecular formula is C16H29NO4. The van der Waals surface area contributed by atoms with Crippen LogP contribution in [0.1, 0.15) is 32.1 Å². The van der Waals surface area contributed by atoms with Crippen LogP contribution in [0.4, 0.5) is 0 Å². The number of allylic oxidation sites excluding steroid dienone is 2. The zero-order valence-electron chi connectivity index (χ0n) is 13.3. The molecule has 5 heteroatoms. The predicted octanol–water partition coefficient (Wildman–Crippen LogP) is 1.61. The van der Waals surface area contributed by atoms with Crippen molar-refractivity contribution in [3.8, 4) is 0 Å². The molecule has 1 N–H and O–H groups in total. The summed E-state index contributed by atoms with van der Waals surface area (Å²) in [5.41, 5.74) is -0.728. The molecule has 0 aromatic heterocycles. The van der Waals surface area contributed by atoms with Gasteiger partial charge in [-0.1, -0.05) is 12.2 Å². The monoisotopic (exact) mass is 299 g/mol. The van der Waals surface area contributed by atoms with Crippen molar-refractivity contribution in [1.82, 2.24) is 4.90 Å². The number of aliphatic hydroxyl groups excluding tert-OH is 1. The number of esters is 1. The Kier molecular flexibility index (Phi) is 8.57. The Hall–Kier alpha value is -0.910. The number of carbonyl (C=O) groups is 1. The van der Waals surface area contributed by atoms with Crippen LogP contribution in [0.15, 0.2) is 12.2 Å². The second-order valence-corrected chi connectivity index (χ2v) is 5.89. The number of hydrogen-bond acceptors (Lipinski definition) is 5. The Balaban J connectivity index is 2.32. The van der Waals surface area contributed by atoms with Crippen molar-refractivity contribution >= 4 is 5.97 Å². The Morgan fingerprint density at radius 3 is 2.67 bits per heavy atom. The molecule has 5 nitrogen and oxygen atoms in total. The summed E-state index contributed by atoms with van der Waals surface area (Å²) >= 11 is 0. The van der Waals surface area contributed by atoms with Crippen molar-refractivity contribution in [3.63, 3.8) is 0 Å². The lowest BCUT2D eigenvalue weighted by molar-refractivity contribution is -0.161. The van der Waals surface area contributed by atoms with Crippen LogP contribution < -0.4 is 0 Å². The third kappa shape index (κ3) is 6.59. The molecule has 1 aliphatic rings. The van der Waals surface area contributed by atoms with Gasteiger partial charge in [-0.15, -0.1) is 0 Å². The Bertz CT molecular complexity index is 330. The van der Waals surface area contributed by atoms with Gasteiger partial charge in [0, 0.05) is 6.54 Å². The summed E-state index contributed by atoms with van der Waals surface area (Å²) < 4.78 is 10.7. The third-order valence-electron chi connectivity index (χ3n) is 3.86. The SMILES string of the molecule is CN(C)CCOCCOC(=O)C1(CO)CC/C=C/CCC1. The summed E-state index contributed by atoms with van der Waals surface area (Å²) in [4.78, 5) is 14.3. The average Bonchev–Trinajstić information content (AvgIpc) is 2.42. The molecule has 0 saturated carbocycles. The molecule has 1 atom stereocenters. The Labute approximate surface area is 127 Å². The first kappa shape index (κ1) is 18.1. The van der Waals surface area contributed by atoms with Gasteiger partial charge in [-0.05, 0) is 46.2 Å². The molecule has 0 radical (unpaired) electrons. The van der Waals surface area contributed by atoms with Gasteiger partial charge in [0.2, 0.25) is 0 Å². The van der Waals surface area contributed by atoms with E-state index in [1.807, 2.05) is 19.0 Å². The molecule has 1 aliphatic carbocycles. The van der Waals surface area contributed by atoms with Crippen molar-refractivity contribution in [2.24, 2.45) is 5.41 Å². The largest absolute Gasteiger partial charge is 0.463 e. The topological polar surface area (TPSA) is 59.0 Å². The second-order valence-electron chi connectivity index (χ2n) is 5.89. The molecule has 21 heavy (non-hydrogen) atoms. The Morgan fingerprint density at radius 2 is 1.95 bits per heavy atom. The first-order valence-electron chi connectivity index (χ1n) is 7.76. The predicted molar refractivity (Wildman–Crippen MR) is 82.1 cm³/mol. The zero-order chi connectivity index (χ0) is 15.6. The summed E-state index contributed by atoms with van der Waals surface area (Å²) in [6, 6.07) is 0. The third-order valence-corrected chi connectivity index (χ3v) is 3.86. The maximum Gasteiger partial charge on any atom is 0.314 e. The van der Waals surface area contributed by atoms with Crippen LogP contribution in [-0.4, -0.2) is 63.0 Å². The molecular weight excluding hydrogens is 270 g/mol. The minimum atomic E-state index is -0.728. The van der Waals surface area contributed by atoms with E-state index < -0.39 is 5.41 Å². The highest BCUT2D eigenvalue weighted by molar-refractivity contribution is 5.77. The lowest BCUT2D eigenvalue weighted by Crippen LogP contribution is -2.37. The van der Waals surface area contributed by atoms with Crippen LogP contribution in [0.25, 0.3) is 0 Å². The van der Waals surface area contributed by atoms with Gasteiger partial charge in [0.1, 0.15) is 6.61 Å². The van der Waals surface area contributed by atoms with Gasteiger partial charge in [-0.3, -0.25) is 4.79 Å². The quantitative estimate of drug-likeness (QED) is 0.419. The Morgan fingerprint density at radius 1 is 1.19 bits per heavy atom. The number of ether oxygens (including phenoxy) is 2. The maximum atomic E-state index is 12.3. The minimum Gasteiger partial charge on any atom is -0.463 e. The first-order valence-corrected chi connectivity index (χ1v) is 7.76. The van der Waals surface area contributed by atoms with Gasteiger partial charge in [-0.25, -0.2) is 0 Å². The van der Waals surface area contributed by atoms with E-state index in [0.29, 0.717) is 26.1 Å². The molecule has 0 fully saturated rings. The van der Waals surface area contributed by atoms with Crippen molar-refractivity contribution in [1.29, 1.82) is 0 Å². The smallest absolute Gasteiger partial charge is 0.314 e. The molecule has 122 valence electrons. The fourth-order valence-electron chi connectivity index (χ4n) is 2.40. The van der Waals surface area contributed by atoms with Crippen molar-refractivity contribution < 1.29 is 19.4 Å². The number of rotatable bonds is 8. The van der Waals surface area contributed by atoms with Crippen LogP contribution in [-0.2, 0) is 14.3 Å². The van der Waals surface area contributed by atoms with E-state index in [4.69, 9.17) is 9.47 Å². The lowest BCUT2D eigenvalue weighted by Gasteiger charge is -2.30. The molecule has 0 heterocycles. The number of nitrogens with zero attached hydrogens (tertiary/aromatic N) is 1. The maximum absolute atomic E-state index is 12.3. The van der Waals surface area contributed by atoms with E-state index in [1.165, 1.54) is 0 Å². The van der Waals surface area contributed by atoms with E-state index in [0.717, 1.165) is 25.8 Å². The normalized spacial score (nSPS) is 24.4. The van der Waals surface area contributed by atoms with Crippen molar-refractivity contribution in [2.75, 3.05) is 47.1 Å². The van der Waals surface area contributed by atoms with Crippen LogP contribution in [0.2, 0.25) is 0 Å². The number of likely N-dealkylation sites (N-methyl/N-ethyl adjacent to an activating group) is 1. The lowest BCUT2D eigenvalue weighted by atomic mass is 9.78. The minimum absolute atomic E-state index is 0.138. The molecule has 0 saturated heterocycles. The van der Waals surface area contributed by atoms with E-state index in [9.17, 15) is 9.90 Å². The summed E-state index contributed by atoms with van der Waals surface area (Å²) in [7, 11) is 3.97. The summed E-state index contributed by atoms with van der Waals surface area (Å²) in [5.74, 6) is -0.281. The van der Waals surface area contributed by atoms with E-state index in [-0.39, 0.29) is 19.2 Å². The van der Waals surface area contributed by atoms with Gasteiger partial charge in [-0.2, -0.15) is 0 Å². The van der Waals surface area contributed by atoms with Gasteiger partial charge < -0.3 is 19.5 Å². The van der Waals surface area contributed by atoms with Gasteiger partial charge in [0.25, 0.3) is 0 Å². The fourth-order valence-corrected chi connectivity index (χ4v) is 2.40. The molecule has 0 amide bonds. The summed E-state index contributed by atoms with van der Waals surface area (Å²) in [5, 5.41) is 9.67. The first-order chi connectivity index (χ1) is 10.1. The van der Waals surface area contributed by atoms with E-state index in [2.05, 4.69) is 12.2 Å². The van der Waals surface area contributed by atoms with Gasteiger partial charge in [0.15, 0.2) is 0 Å². The van der Waals surface area contributed by atoms with Gasteiger partial charge in [0.05, 0.1) is 25.2 Å². The highest BCUT2D eigenvalue weighted by Crippen LogP contribution is 2.33. The van der Waals surface area contributed by atoms with Crippen LogP contribution >= 0.6 is 0 Å². The molecule has 0 aliphatic heterocycles. The second kappa shape index (κ2) is 9.92. The zero-order valence-corrected chi connectivity index (χ0v) is 13.3. The van der Waals surface area contributed by atoms with Crippen molar-refractivity contribution in [2.45, 2.75) is 32.1 Å². The molecule has 0 spiro atoms. The number of carbonyl (C=O) groups excluding carboxylic acids is 1. The van der Waals surface area contributed by atoms with Crippen LogP contribution in [0.5, 0.6) is 0 Å². The number of aliphatic hydroxyl groups is 1. The molecule has 0 aromatic rings. The molecule has 1 rings (SSSR count). The van der Waals surface area contributed by atoms with Gasteiger partial charge >= 0.3 is 5.97 Å². The summed E-state index contributed by atoms with van der Waals surface area (Å²) in [6.07, 6.45) is 8.25. The van der Waals surface area contributed by atoms with Crippen LogP contribution in [0, 0.1) is 5.41 Å². The average molecular weight is 299 g/mol. The highest BCUT2D eigenvalue weighted by atomic mass is 16.6.